The molecule has 0 radical (unpaired) electrons. The third-order valence-electron chi connectivity index (χ3n) is 2.22. The zero-order valence-corrected chi connectivity index (χ0v) is 10.3. The van der Waals surface area contributed by atoms with E-state index in [0.717, 1.165) is 0 Å². The fraction of sp³-hybridized carbons (Fsp3) is 0.333. The van der Waals surface area contributed by atoms with Crippen LogP contribution in [0.5, 0.6) is 0 Å². The van der Waals surface area contributed by atoms with Crippen LogP contribution in [0, 0.1) is 17.2 Å². The van der Waals surface area contributed by atoms with Gasteiger partial charge in [0, 0.05) is 22.8 Å². The van der Waals surface area contributed by atoms with Crippen molar-refractivity contribution >= 4 is 17.5 Å². The van der Waals surface area contributed by atoms with Gasteiger partial charge >= 0.3 is 5.51 Å². The fourth-order valence-corrected chi connectivity index (χ4v) is 1.87. The molecule has 2 nitrogen and oxygen atoms in total. The first-order chi connectivity index (χ1) is 8.33. The highest BCUT2D eigenvalue weighted by molar-refractivity contribution is 8.00. The van der Waals surface area contributed by atoms with E-state index in [2.05, 4.69) is 0 Å². The molecular weight excluding hydrogens is 263 g/mol. The Hall–Kier alpha value is -1.48. The van der Waals surface area contributed by atoms with Crippen LogP contribution in [-0.4, -0.2) is 11.3 Å². The van der Waals surface area contributed by atoms with Crippen molar-refractivity contribution in [2.45, 2.75) is 23.7 Å². The van der Waals surface area contributed by atoms with Crippen molar-refractivity contribution in [2.75, 3.05) is 0 Å². The average molecular weight is 273 g/mol. The van der Waals surface area contributed by atoms with E-state index >= 15 is 0 Å². The topological polar surface area (TPSA) is 40.9 Å². The van der Waals surface area contributed by atoms with Gasteiger partial charge in [0.05, 0.1) is 6.07 Å². The second-order valence-electron chi connectivity index (χ2n) is 3.70. The molecular formula is C12H10F3NOS. The number of ketones is 1. The van der Waals surface area contributed by atoms with E-state index in [4.69, 9.17) is 5.26 Å². The molecule has 0 aliphatic heterocycles. The van der Waals surface area contributed by atoms with E-state index < -0.39 is 11.4 Å². The SMILES string of the molecule is CC(CC#N)C(=O)c1ccc(SC(F)(F)F)cc1. The highest BCUT2D eigenvalue weighted by Gasteiger charge is 2.29. The van der Waals surface area contributed by atoms with Crippen molar-refractivity contribution in [2.24, 2.45) is 5.92 Å². The first-order valence-electron chi connectivity index (χ1n) is 5.10. The Labute approximate surface area is 107 Å². The van der Waals surface area contributed by atoms with E-state index in [0.29, 0.717) is 5.56 Å². The third kappa shape index (κ3) is 4.41. The number of thioether (sulfide) groups is 1. The summed E-state index contributed by atoms with van der Waals surface area (Å²) in [5.41, 5.74) is -4.01. The van der Waals surface area contributed by atoms with Gasteiger partial charge in [0.25, 0.3) is 0 Å². The Morgan fingerprint density at radius 2 is 1.94 bits per heavy atom. The summed E-state index contributed by atoms with van der Waals surface area (Å²) in [5, 5.41) is 8.47. The molecule has 0 heterocycles. The van der Waals surface area contributed by atoms with Gasteiger partial charge in [0.15, 0.2) is 5.78 Å². The molecule has 0 spiro atoms. The highest BCUT2D eigenvalue weighted by Crippen LogP contribution is 2.36. The van der Waals surface area contributed by atoms with Crippen LogP contribution in [0.4, 0.5) is 13.2 Å². The van der Waals surface area contributed by atoms with Crippen LogP contribution >= 0.6 is 11.8 Å². The molecule has 0 N–H and O–H groups in total. The molecule has 0 aliphatic carbocycles. The summed E-state index contributed by atoms with van der Waals surface area (Å²) in [5.74, 6) is -0.684. The first kappa shape index (κ1) is 14.6. The second-order valence-corrected chi connectivity index (χ2v) is 4.84. The van der Waals surface area contributed by atoms with Gasteiger partial charge in [-0.2, -0.15) is 18.4 Å². The highest BCUT2D eigenvalue weighted by atomic mass is 32.2. The lowest BCUT2D eigenvalue weighted by atomic mass is 9.97. The quantitative estimate of drug-likeness (QED) is 0.614. The normalized spacial score (nSPS) is 12.8. The van der Waals surface area contributed by atoms with Crippen molar-refractivity contribution < 1.29 is 18.0 Å². The fourth-order valence-electron chi connectivity index (χ4n) is 1.34. The number of halogens is 3. The van der Waals surface area contributed by atoms with Crippen LogP contribution in [0.1, 0.15) is 23.7 Å². The Bertz CT molecular complexity index is 462. The number of rotatable bonds is 4. The minimum absolute atomic E-state index is 0.0342. The second kappa shape index (κ2) is 5.91. The summed E-state index contributed by atoms with van der Waals surface area (Å²) in [6, 6.07) is 7.10. The predicted molar refractivity (Wildman–Crippen MR) is 62.1 cm³/mol. The molecule has 0 bridgehead atoms. The number of carbonyl (C=O) groups is 1. The van der Waals surface area contributed by atoms with Crippen LogP contribution < -0.4 is 0 Å². The maximum atomic E-state index is 12.1. The van der Waals surface area contributed by atoms with Crippen LogP contribution in [0.2, 0.25) is 0 Å². The molecule has 1 rings (SSSR count). The van der Waals surface area contributed by atoms with Gasteiger partial charge < -0.3 is 0 Å². The summed E-state index contributed by atoms with van der Waals surface area (Å²) < 4.78 is 36.3. The molecule has 1 aromatic rings. The zero-order chi connectivity index (χ0) is 13.8. The molecule has 0 aliphatic rings. The lowest BCUT2D eigenvalue weighted by Crippen LogP contribution is -2.10. The minimum Gasteiger partial charge on any atom is -0.294 e. The maximum absolute atomic E-state index is 12.1. The van der Waals surface area contributed by atoms with Crippen LogP contribution in [0.15, 0.2) is 29.2 Å². The number of nitriles is 1. The molecule has 0 saturated carbocycles. The van der Waals surface area contributed by atoms with Crippen LogP contribution in [-0.2, 0) is 0 Å². The maximum Gasteiger partial charge on any atom is 0.446 e. The molecule has 0 amide bonds. The van der Waals surface area contributed by atoms with E-state index in [1.807, 2.05) is 6.07 Å². The largest absolute Gasteiger partial charge is 0.446 e. The Morgan fingerprint density at radius 1 is 1.39 bits per heavy atom. The van der Waals surface area contributed by atoms with Gasteiger partial charge in [0.2, 0.25) is 0 Å². The van der Waals surface area contributed by atoms with Crippen LogP contribution in [0.3, 0.4) is 0 Å². The van der Waals surface area contributed by atoms with E-state index in [9.17, 15) is 18.0 Å². The van der Waals surface area contributed by atoms with Gasteiger partial charge in [-0.25, -0.2) is 0 Å². The lowest BCUT2D eigenvalue weighted by molar-refractivity contribution is -0.0328. The molecule has 0 aromatic heterocycles. The molecule has 0 fully saturated rings. The summed E-state index contributed by atoms with van der Waals surface area (Å²) in [6.45, 7) is 1.62. The van der Waals surface area contributed by atoms with E-state index in [1.54, 1.807) is 6.92 Å². The van der Waals surface area contributed by atoms with Gasteiger partial charge in [-0.05, 0) is 23.9 Å². The minimum atomic E-state index is -4.33. The summed E-state index contributed by atoms with van der Waals surface area (Å²) in [7, 11) is 0. The van der Waals surface area contributed by atoms with E-state index in [-0.39, 0.29) is 28.9 Å². The summed E-state index contributed by atoms with van der Waals surface area (Å²) in [4.78, 5) is 11.8. The third-order valence-corrected chi connectivity index (χ3v) is 2.96. The lowest BCUT2D eigenvalue weighted by Gasteiger charge is -2.08. The number of Topliss-reactive ketones (excluding diaryl/α,β-unsaturated/α-hetero) is 1. The smallest absolute Gasteiger partial charge is 0.294 e. The molecule has 1 aromatic carbocycles. The van der Waals surface area contributed by atoms with Gasteiger partial charge in [-0.1, -0.05) is 19.1 Å². The monoisotopic (exact) mass is 273 g/mol. The number of hydrogen-bond donors (Lipinski definition) is 0. The first-order valence-corrected chi connectivity index (χ1v) is 5.92. The molecule has 1 unspecified atom stereocenters. The molecule has 18 heavy (non-hydrogen) atoms. The zero-order valence-electron chi connectivity index (χ0n) is 9.49. The van der Waals surface area contributed by atoms with Gasteiger partial charge in [-0.3, -0.25) is 4.79 Å². The molecule has 96 valence electrons. The number of alkyl halides is 3. The van der Waals surface area contributed by atoms with E-state index in [1.165, 1.54) is 24.3 Å². The summed E-state index contributed by atoms with van der Waals surface area (Å²) in [6.07, 6.45) is 0.0951. The van der Waals surface area contributed by atoms with Gasteiger partial charge in [-0.15, -0.1) is 0 Å². The Morgan fingerprint density at radius 3 is 2.39 bits per heavy atom. The van der Waals surface area contributed by atoms with Crippen molar-refractivity contribution in [3.63, 3.8) is 0 Å². The summed E-state index contributed by atoms with van der Waals surface area (Å²) >= 11 is -0.224. The van der Waals surface area contributed by atoms with Crippen molar-refractivity contribution in [3.8, 4) is 6.07 Å². The average Bonchev–Trinajstić information content (AvgIpc) is 2.27. The van der Waals surface area contributed by atoms with Crippen LogP contribution in [0.25, 0.3) is 0 Å². The van der Waals surface area contributed by atoms with Crippen molar-refractivity contribution in [3.05, 3.63) is 29.8 Å². The predicted octanol–water partition coefficient (Wildman–Crippen LogP) is 4.03. The Kier molecular flexibility index (Phi) is 4.79. The molecule has 6 heteroatoms. The standard InChI is InChI=1S/C12H10F3NOS/c1-8(6-7-16)11(17)9-2-4-10(5-3-9)18-12(13,14)15/h2-5,8H,6H2,1H3. The molecule has 1 atom stereocenters. The van der Waals surface area contributed by atoms with Crippen molar-refractivity contribution in [1.82, 2.24) is 0 Å². The number of benzene rings is 1. The van der Waals surface area contributed by atoms with Gasteiger partial charge in [0.1, 0.15) is 0 Å². The van der Waals surface area contributed by atoms with Crippen molar-refractivity contribution in [1.29, 1.82) is 5.26 Å². The molecule has 0 saturated heterocycles. The number of hydrogen-bond acceptors (Lipinski definition) is 3. The number of carbonyl (C=O) groups excluding carboxylic acids is 1. The number of nitrogens with zero attached hydrogens (tertiary/aromatic N) is 1. The Balaban J connectivity index is 2.77.